The van der Waals surface area contributed by atoms with E-state index in [0.717, 1.165) is 0 Å². The summed E-state index contributed by atoms with van der Waals surface area (Å²) in [6, 6.07) is 11.2. The van der Waals surface area contributed by atoms with Gasteiger partial charge in [-0.15, -0.1) is 11.8 Å². The van der Waals surface area contributed by atoms with Gasteiger partial charge < -0.3 is 5.32 Å². The van der Waals surface area contributed by atoms with Crippen molar-refractivity contribution >= 4 is 56.4 Å². The third-order valence-corrected chi connectivity index (χ3v) is 6.57. The van der Waals surface area contributed by atoms with Crippen LogP contribution < -0.4 is 5.32 Å². The van der Waals surface area contributed by atoms with Crippen LogP contribution in [0.4, 0.5) is 5.69 Å². The molecule has 24 heavy (non-hydrogen) atoms. The van der Waals surface area contributed by atoms with Crippen molar-refractivity contribution in [2.24, 2.45) is 0 Å². The van der Waals surface area contributed by atoms with Crippen LogP contribution in [0.5, 0.6) is 0 Å². The van der Waals surface area contributed by atoms with Crippen molar-refractivity contribution < 1.29 is 13.2 Å². The number of carbonyl (C=O) groups excluding carboxylic acids is 1. The largest absolute Gasteiger partial charge is 0.325 e. The summed E-state index contributed by atoms with van der Waals surface area (Å²) in [5, 5.41) is 3.75. The van der Waals surface area contributed by atoms with Gasteiger partial charge in [0.05, 0.1) is 21.4 Å². The Hall–Kier alpha value is -1.21. The summed E-state index contributed by atoms with van der Waals surface area (Å²) in [6.07, 6.45) is 0. The standard InChI is InChI=1S/C16H15Cl2NO3S2/c1-2-24(21,22)13-5-3-4-12(9-13)19-16(20)10-23-15-8-11(17)6-7-14(15)18/h3-9H,2,10H2,1H3,(H,19,20). The maximum atomic E-state index is 12.1. The lowest BCUT2D eigenvalue weighted by atomic mass is 10.3. The minimum atomic E-state index is -3.31. The number of nitrogens with one attached hydrogen (secondary N) is 1. The molecule has 4 nitrogen and oxygen atoms in total. The number of amides is 1. The molecule has 0 radical (unpaired) electrons. The first-order valence-corrected chi connectivity index (χ1v) is 10.4. The molecule has 8 heteroatoms. The summed E-state index contributed by atoms with van der Waals surface area (Å²) in [5.74, 6) is -0.125. The topological polar surface area (TPSA) is 63.2 Å². The second-order valence-electron chi connectivity index (χ2n) is 4.84. The average molecular weight is 404 g/mol. The fourth-order valence-electron chi connectivity index (χ4n) is 1.86. The van der Waals surface area contributed by atoms with Crippen LogP contribution in [-0.2, 0) is 14.6 Å². The second kappa shape index (κ2) is 8.25. The Bertz CT molecular complexity index is 854. The number of rotatable bonds is 6. The van der Waals surface area contributed by atoms with Gasteiger partial charge in [0.25, 0.3) is 0 Å². The minimum Gasteiger partial charge on any atom is -0.325 e. The Morgan fingerprint density at radius 1 is 1.17 bits per heavy atom. The van der Waals surface area contributed by atoms with Crippen LogP contribution >= 0.6 is 35.0 Å². The number of sulfone groups is 1. The van der Waals surface area contributed by atoms with Crippen molar-refractivity contribution in [2.75, 3.05) is 16.8 Å². The Balaban J connectivity index is 2.03. The molecule has 1 amide bonds. The summed E-state index contributed by atoms with van der Waals surface area (Å²) < 4.78 is 23.8. The van der Waals surface area contributed by atoms with Crippen molar-refractivity contribution in [3.05, 3.63) is 52.5 Å². The highest BCUT2D eigenvalue weighted by Crippen LogP contribution is 2.30. The predicted molar refractivity (Wildman–Crippen MR) is 100.0 cm³/mol. The molecule has 0 bridgehead atoms. The van der Waals surface area contributed by atoms with Gasteiger partial charge in [-0.2, -0.15) is 0 Å². The molecule has 0 saturated heterocycles. The SMILES string of the molecule is CCS(=O)(=O)c1cccc(NC(=O)CSc2cc(Cl)ccc2Cl)c1. The van der Waals surface area contributed by atoms with E-state index in [9.17, 15) is 13.2 Å². The molecule has 0 unspecified atom stereocenters. The monoisotopic (exact) mass is 403 g/mol. The lowest BCUT2D eigenvalue weighted by Crippen LogP contribution is -2.14. The van der Waals surface area contributed by atoms with E-state index < -0.39 is 9.84 Å². The maximum absolute atomic E-state index is 12.1. The molecule has 2 aromatic carbocycles. The highest BCUT2D eigenvalue weighted by atomic mass is 35.5. The first kappa shape index (κ1) is 19.1. The zero-order chi connectivity index (χ0) is 17.7. The van der Waals surface area contributed by atoms with E-state index in [0.29, 0.717) is 20.6 Å². The van der Waals surface area contributed by atoms with Gasteiger partial charge in [-0.3, -0.25) is 4.79 Å². The number of anilines is 1. The van der Waals surface area contributed by atoms with E-state index in [1.807, 2.05) is 0 Å². The van der Waals surface area contributed by atoms with Crippen LogP contribution in [0.3, 0.4) is 0 Å². The number of benzene rings is 2. The van der Waals surface area contributed by atoms with Gasteiger partial charge in [-0.25, -0.2) is 8.42 Å². The molecule has 1 N–H and O–H groups in total. The van der Waals surface area contributed by atoms with E-state index in [-0.39, 0.29) is 22.3 Å². The van der Waals surface area contributed by atoms with Gasteiger partial charge in [-0.05, 0) is 36.4 Å². The lowest BCUT2D eigenvalue weighted by Gasteiger charge is -2.08. The van der Waals surface area contributed by atoms with Crippen LogP contribution in [0.1, 0.15) is 6.92 Å². The van der Waals surface area contributed by atoms with Gasteiger partial charge >= 0.3 is 0 Å². The molecule has 0 saturated carbocycles. The zero-order valence-corrected chi connectivity index (χ0v) is 15.9. The van der Waals surface area contributed by atoms with E-state index in [1.54, 1.807) is 37.3 Å². The van der Waals surface area contributed by atoms with E-state index in [1.165, 1.54) is 23.9 Å². The number of hydrogen-bond donors (Lipinski definition) is 1. The smallest absolute Gasteiger partial charge is 0.234 e. The van der Waals surface area contributed by atoms with Gasteiger partial charge in [-0.1, -0.05) is 36.2 Å². The van der Waals surface area contributed by atoms with Gasteiger partial charge in [0, 0.05) is 15.6 Å². The molecule has 0 spiro atoms. The first-order chi connectivity index (χ1) is 11.3. The molecule has 0 fully saturated rings. The molecule has 2 aromatic rings. The van der Waals surface area contributed by atoms with E-state index in [2.05, 4.69) is 5.32 Å². The summed E-state index contributed by atoms with van der Waals surface area (Å²) in [7, 11) is -3.31. The lowest BCUT2D eigenvalue weighted by molar-refractivity contribution is -0.113. The first-order valence-electron chi connectivity index (χ1n) is 7.02. The van der Waals surface area contributed by atoms with Crippen molar-refractivity contribution in [2.45, 2.75) is 16.7 Å². The van der Waals surface area contributed by atoms with Crippen LogP contribution in [0.25, 0.3) is 0 Å². The van der Waals surface area contributed by atoms with Crippen molar-refractivity contribution in [3.8, 4) is 0 Å². The highest BCUT2D eigenvalue weighted by molar-refractivity contribution is 8.00. The molecule has 0 aliphatic heterocycles. The predicted octanol–water partition coefficient (Wildman–Crippen LogP) is 4.52. The van der Waals surface area contributed by atoms with E-state index in [4.69, 9.17) is 23.2 Å². The zero-order valence-electron chi connectivity index (χ0n) is 12.8. The molecule has 0 aliphatic rings. The Morgan fingerprint density at radius 3 is 2.62 bits per heavy atom. The van der Waals surface area contributed by atoms with Gasteiger partial charge in [0.1, 0.15) is 0 Å². The summed E-state index contributed by atoms with van der Waals surface area (Å²) >= 11 is 13.2. The Labute approximate surface area is 155 Å². The fraction of sp³-hybridized carbons (Fsp3) is 0.188. The summed E-state index contributed by atoms with van der Waals surface area (Å²) in [5.41, 5.74) is 0.437. The fourth-order valence-corrected chi connectivity index (χ4v) is 4.08. The molecule has 128 valence electrons. The van der Waals surface area contributed by atoms with E-state index >= 15 is 0 Å². The summed E-state index contributed by atoms with van der Waals surface area (Å²) in [4.78, 5) is 13.0. The molecule has 0 atom stereocenters. The highest BCUT2D eigenvalue weighted by Gasteiger charge is 2.13. The third kappa shape index (κ3) is 5.14. The average Bonchev–Trinajstić information content (AvgIpc) is 2.56. The van der Waals surface area contributed by atoms with Crippen molar-refractivity contribution in [1.29, 1.82) is 0 Å². The maximum Gasteiger partial charge on any atom is 0.234 e. The molecule has 0 heterocycles. The van der Waals surface area contributed by atoms with Gasteiger partial charge in [0.2, 0.25) is 5.91 Å². The Morgan fingerprint density at radius 2 is 1.92 bits per heavy atom. The molecule has 2 rings (SSSR count). The number of hydrogen-bond acceptors (Lipinski definition) is 4. The molecular formula is C16H15Cl2NO3S2. The third-order valence-electron chi connectivity index (χ3n) is 3.11. The van der Waals surface area contributed by atoms with Crippen molar-refractivity contribution in [1.82, 2.24) is 0 Å². The quantitative estimate of drug-likeness (QED) is 0.720. The molecule has 0 aromatic heterocycles. The number of carbonyl (C=O) groups is 1. The number of thioether (sulfide) groups is 1. The van der Waals surface area contributed by atoms with Crippen LogP contribution in [-0.4, -0.2) is 25.8 Å². The van der Waals surface area contributed by atoms with Crippen LogP contribution in [0.15, 0.2) is 52.3 Å². The number of halogens is 2. The normalized spacial score (nSPS) is 11.3. The molecular weight excluding hydrogens is 389 g/mol. The Kier molecular flexibility index (Phi) is 6.57. The van der Waals surface area contributed by atoms with Gasteiger partial charge in [0.15, 0.2) is 9.84 Å². The summed E-state index contributed by atoms with van der Waals surface area (Å²) in [6.45, 7) is 1.58. The second-order valence-corrected chi connectivity index (χ2v) is 8.98. The minimum absolute atomic E-state index is 0.00746. The molecule has 0 aliphatic carbocycles. The van der Waals surface area contributed by atoms with Crippen LogP contribution in [0, 0.1) is 0 Å². The van der Waals surface area contributed by atoms with Crippen molar-refractivity contribution in [3.63, 3.8) is 0 Å². The van der Waals surface area contributed by atoms with Crippen LogP contribution in [0.2, 0.25) is 10.0 Å².